The topological polar surface area (TPSA) is 37.4 Å². The highest BCUT2D eigenvalue weighted by atomic mass is 79.9. The Morgan fingerprint density at radius 3 is 2.53 bits per heavy atom. The summed E-state index contributed by atoms with van der Waals surface area (Å²) in [6.07, 6.45) is 2.05. The van der Waals surface area contributed by atoms with Crippen molar-refractivity contribution in [3.8, 4) is 0 Å². The maximum Gasteiger partial charge on any atom is 0.261 e. The van der Waals surface area contributed by atoms with E-state index >= 15 is 0 Å². The molecule has 0 bridgehead atoms. The van der Waals surface area contributed by atoms with Gasteiger partial charge in [0.1, 0.15) is 0 Å². The van der Waals surface area contributed by atoms with Crippen LogP contribution in [-0.2, 0) is 0 Å². The molecule has 0 spiro atoms. The second kappa shape index (κ2) is 6.18. The van der Waals surface area contributed by atoms with E-state index in [2.05, 4.69) is 38.8 Å². The third-order valence-corrected chi connectivity index (χ3v) is 4.70. The van der Waals surface area contributed by atoms with Crippen molar-refractivity contribution in [3.63, 3.8) is 0 Å². The lowest BCUT2D eigenvalue weighted by Gasteiger charge is -2.20. The molecular weight excluding hydrogens is 374 g/mol. The predicted octanol–water partition coefficient (Wildman–Crippen LogP) is 3.86. The Bertz CT molecular complexity index is 516. The van der Waals surface area contributed by atoms with Gasteiger partial charge in [0.25, 0.3) is 11.8 Å². The second-order valence-corrected chi connectivity index (χ2v) is 6.28. The van der Waals surface area contributed by atoms with Gasteiger partial charge in [0, 0.05) is 16.3 Å². The average molecular weight is 389 g/mol. The number of alkyl halides is 1. The van der Waals surface area contributed by atoms with Crippen molar-refractivity contribution in [3.05, 3.63) is 33.8 Å². The number of halogens is 2. The summed E-state index contributed by atoms with van der Waals surface area (Å²) in [6, 6.07) is 5.22. The molecule has 0 aliphatic carbocycles. The fraction of sp³-hybridized carbons (Fsp3) is 0.429. The van der Waals surface area contributed by atoms with Crippen LogP contribution in [-0.4, -0.2) is 28.6 Å². The van der Waals surface area contributed by atoms with Gasteiger partial charge in [-0.25, -0.2) is 0 Å². The zero-order valence-corrected chi connectivity index (χ0v) is 13.8. The molecule has 0 saturated carbocycles. The van der Waals surface area contributed by atoms with Crippen LogP contribution in [0.5, 0.6) is 0 Å². The minimum absolute atomic E-state index is 0.172. The van der Waals surface area contributed by atoms with Crippen molar-refractivity contribution in [1.29, 1.82) is 0 Å². The van der Waals surface area contributed by atoms with Crippen LogP contribution in [0.2, 0.25) is 0 Å². The highest BCUT2D eigenvalue weighted by Crippen LogP contribution is 2.27. The van der Waals surface area contributed by atoms with Gasteiger partial charge in [0.2, 0.25) is 0 Å². The van der Waals surface area contributed by atoms with Crippen LogP contribution in [0.1, 0.15) is 40.5 Å². The van der Waals surface area contributed by atoms with Gasteiger partial charge in [-0.15, -0.1) is 0 Å². The number of nitrogens with zero attached hydrogens (tertiary/aromatic N) is 1. The van der Waals surface area contributed by atoms with E-state index in [0.717, 1.165) is 22.6 Å². The number of rotatable bonds is 5. The molecule has 19 heavy (non-hydrogen) atoms. The molecular formula is C14H15Br2NO2. The largest absolute Gasteiger partial charge is 0.274 e. The second-order valence-electron chi connectivity index (χ2n) is 4.72. The molecule has 102 valence electrons. The van der Waals surface area contributed by atoms with Crippen molar-refractivity contribution in [2.24, 2.45) is 5.92 Å². The molecule has 0 saturated heterocycles. The first-order valence-corrected chi connectivity index (χ1v) is 8.21. The summed E-state index contributed by atoms with van der Waals surface area (Å²) in [5.41, 5.74) is 1.02. The standard InChI is InChI=1S/C14H15Br2NO2/c1-2-3-9(7-15)8-17-13(18)11-5-4-10(16)6-12(11)14(17)19/h4-6,9H,2-3,7-8H2,1H3. The summed E-state index contributed by atoms with van der Waals surface area (Å²) < 4.78 is 0.819. The number of hydrogen-bond acceptors (Lipinski definition) is 2. The zero-order chi connectivity index (χ0) is 14.0. The number of amides is 2. The smallest absolute Gasteiger partial charge is 0.261 e. The molecule has 0 fully saturated rings. The zero-order valence-electron chi connectivity index (χ0n) is 10.7. The first kappa shape index (κ1) is 14.7. The first-order chi connectivity index (χ1) is 9.08. The van der Waals surface area contributed by atoms with Gasteiger partial charge < -0.3 is 0 Å². The molecule has 1 aromatic carbocycles. The third-order valence-electron chi connectivity index (χ3n) is 3.29. The molecule has 2 amide bonds. The van der Waals surface area contributed by atoms with E-state index in [9.17, 15) is 9.59 Å². The van der Waals surface area contributed by atoms with Gasteiger partial charge >= 0.3 is 0 Å². The lowest BCUT2D eigenvalue weighted by atomic mass is 10.1. The Morgan fingerprint density at radius 1 is 1.21 bits per heavy atom. The van der Waals surface area contributed by atoms with Crippen LogP contribution in [0.25, 0.3) is 0 Å². The van der Waals surface area contributed by atoms with E-state index in [0.29, 0.717) is 23.6 Å². The number of imide groups is 1. The molecule has 1 heterocycles. The molecule has 1 aliphatic rings. The Hall–Kier alpha value is -0.680. The fourth-order valence-electron chi connectivity index (χ4n) is 2.31. The number of carbonyl (C=O) groups excluding carboxylic acids is 2. The van der Waals surface area contributed by atoms with Crippen LogP contribution in [0.15, 0.2) is 22.7 Å². The summed E-state index contributed by atoms with van der Waals surface area (Å²) in [5, 5.41) is 0.804. The van der Waals surface area contributed by atoms with Gasteiger partial charge in [-0.1, -0.05) is 45.2 Å². The van der Waals surface area contributed by atoms with E-state index in [1.807, 2.05) is 0 Å². The average Bonchev–Trinajstić information content (AvgIpc) is 2.62. The maximum absolute atomic E-state index is 12.3. The Balaban J connectivity index is 2.22. The van der Waals surface area contributed by atoms with Crippen LogP contribution in [0.3, 0.4) is 0 Å². The van der Waals surface area contributed by atoms with E-state index in [1.54, 1.807) is 18.2 Å². The Morgan fingerprint density at radius 2 is 1.89 bits per heavy atom. The highest BCUT2D eigenvalue weighted by molar-refractivity contribution is 9.10. The molecule has 0 radical (unpaired) electrons. The molecule has 0 aromatic heterocycles. The lowest BCUT2D eigenvalue weighted by molar-refractivity contribution is 0.0631. The Kier molecular flexibility index (Phi) is 4.79. The number of hydrogen-bond donors (Lipinski definition) is 0. The molecule has 1 aliphatic heterocycles. The normalized spacial score (nSPS) is 15.8. The van der Waals surface area contributed by atoms with Crippen LogP contribution in [0.4, 0.5) is 0 Å². The van der Waals surface area contributed by atoms with Gasteiger partial charge in [-0.2, -0.15) is 0 Å². The van der Waals surface area contributed by atoms with E-state index in [-0.39, 0.29) is 11.8 Å². The quantitative estimate of drug-likeness (QED) is 0.567. The molecule has 5 heteroatoms. The predicted molar refractivity (Wildman–Crippen MR) is 81.7 cm³/mol. The van der Waals surface area contributed by atoms with Gasteiger partial charge in [-0.05, 0) is 30.5 Å². The SMILES string of the molecule is CCCC(CBr)CN1C(=O)c2ccc(Br)cc2C1=O. The van der Waals surface area contributed by atoms with E-state index < -0.39 is 0 Å². The van der Waals surface area contributed by atoms with Crippen molar-refractivity contribution >= 4 is 43.7 Å². The van der Waals surface area contributed by atoms with Crippen molar-refractivity contribution in [2.45, 2.75) is 19.8 Å². The molecule has 1 aromatic rings. The van der Waals surface area contributed by atoms with Gasteiger partial charge in [-0.3, -0.25) is 14.5 Å². The highest BCUT2D eigenvalue weighted by Gasteiger charge is 2.36. The van der Waals surface area contributed by atoms with Crippen molar-refractivity contribution < 1.29 is 9.59 Å². The first-order valence-electron chi connectivity index (χ1n) is 6.30. The Labute approximate surface area is 129 Å². The van der Waals surface area contributed by atoms with Crippen molar-refractivity contribution in [2.75, 3.05) is 11.9 Å². The monoisotopic (exact) mass is 387 g/mol. The molecule has 3 nitrogen and oxygen atoms in total. The summed E-state index contributed by atoms with van der Waals surface area (Å²) >= 11 is 6.79. The number of carbonyl (C=O) groups is 2. The van der Waals surface area contributed by atoms with Gasteiger partial charge in [0.15, 0.2) is 0 Å². The minimum Gasteiger partial charge on any atom is -0.274 e. The summed E-state index contributed by atoms with van der Waals surface area (Å²) in [7, 11) is 0. The van der Waals surface area contributed by atoms with Crippen molar-refractivity contribution in [1.82, 2.24) is 4.90 Å². The molecule has 1 atom stereocenters. The van der Waals surface area contributed by atoms with Crippen LogP contribution < -0.4 is 0 Å². The van der Waals surface area contributed by atoms with Gasteiger partial charge in [0.05, 0.1) is 11.1 Å². The van der Waals surface area contributed by atoms with E-state index in [4.69, 9.17) is 0 Å². The van der Waals surface area contributed by atoms with Crippen LogP contribution >= 0.6 is 31.9 Å². The number of fused-ring (bicyclic) bond motifs is 1. The summed E-state index contributed by atoms with van der Waals surface area (Å²) in [4.78, 5) is 25.9. The molecule has 1 unspecified atom stereocenters. The summed E-state index contributed by atoms with van der Waals surface area (Å²) in [5.74, 6) is -0.0337. The summed E-state index contributed by atoms with van der Waals surface area (Å²) in [6.45, 7) is 2.60. The third kappa shape index (κ3) is 2.92. The van der Waals surface area contributed by atoms with Crippen LogP contribution in [0, 0.1) is 5.92 Å². The molecule has 0 N–H and O–H groups in total. The lowest BCUT2D eigenvalue weighted by Crippen LogP contribution is -2.35. The molecule has 2 rings (SSSR count). The maximum atomic E-state index is 12.3. The fourth-order valence-corrected chi connectivity index (χ4v) is 3.20. The minimum atomic E-state index is -0.177. The number of benzene rings is 1. The van der Waals surface area contributed by atoms with E-state index in [1.165, 1.54) is 4.90 Å².